The molecule has 0 N–H and O–H groups in total. The van der Waals surface area contributed by atoms with E-state index in [-0.39, 0.29) is 6.79 Å². The third-order valence-corrected chi connectivity index (χ3v) is 5.02. The van der Waals surface area contributed by atoms with E-state index < -0.39 is 0 Å². The topological polar surface area (TPSA) is 18.5 Å². The highest BCUT2D eigenvalue weighted by atomic mass is 16.7. The summed E-state index contributed by atoms with van der Waals surface area (Å²) in [5.41, 5.74) is 5.22. The summed E-state index contributed by atoms with van der Waals surface area (Å²) < 4.78 is 11.9. The smallest absolute Gasteiger partial charge is 0.230 e. The summed E-state index contributed by atoms with van der Waals surface area (Å²) in [6, 6.07) is 13.1. The van der Waals surface area contributed by atoms with E-state index in [4.69, 9.17) is 9.47 Å². The quantitative estimate of drug-likeness (QED) is 0.447. The van der Waals surface area contributed by atoms with Gasteiger partial charge in [0.05, 0.1) is 0 Å². The lowest BCUT2D eigenvalue weighted by atomic mass is 9.95. The highest BCUT2D eigenvalue weighted by Gasteiger charge is 2.10. The van der Waals surface area contributed by atoms with Crippen LogP contribution >= 0.6 is 0 Å². The normalized spacial score (nSPS) is 11.7. The lowest BCUT2D eigenvalue weighted by molar-refractivity contribution is 0.119. The van der Waals surface area contributed by atoms with Crippen molar-refractivity contribution < 1.29 is 9.47 Å². The van der Waals surface area contributed by atoms with Gasteiger partial charge in [-0.3, -0.25) is 0 Å². The summed E-state index contributed by atoms with van der Waals surface area (Å²) in [5.74, 6) is 3.67. The number of rotatable bonds is 8. The predicted molar refractivity (Wildman–Crippen MR) is 115 cm³/mol. The zero-order valence-electron chi connectivity index (χ0n) is 18.3. The lowest BCUT2D eigenvalue weighted by Gasteiger charge is -2.17. The molecule has 2 rings (SSSR count). The molecular formula is C25H36O2. The molecular weight excluding hydrogens is 332 g/mol. The van der Waals surface area contributed by atoms with E-state index in [9.17, 15) is 0 Å². The van der Waals surface area contributed by atoms with Gasteiger partial charge in [0.25, 0.3) is 0 Å². The van der Waals surface area contributed by atoms with E-state index >= 15 is 0 Å². The van der Waals surface area contributed by atoms with Crippen LogP contribution in [0.4, 0.5) is 0 Å². The van der Waals surface area contributed by atoms with Gasteiger partial charge >= 0.3 is 0 Å². The van der Waals surface area contributed by atoms with Crippen LogP contribution in [0.15, 0.2) is 36.4 Å². The third-order valence-electron chi connectivity index (χ3n) is 5.02. The molecule has 0 amide bonds. The second-order valence-electron chi connectivity index (χ2n) is 8.70. The molecule has 0 fully saturated rings. The molecule has 0 bridgehead atoms. The van der Waals surface area contributed by atoms with Gasteiger partial charge in [-0.25, -0.2) is 0 Å². The maximum Gasteiger partial charge on any atom is 0.230 e. The van der Waals surface area contributed by atoms with Crippen LogP contribution in [0, 0.1) is 0 Å². The molecule has 0 unspecified atom stereocenters. The van der Waals surface area contributed by atoms with Crippen molar-refractivity contribution in [2.75, 3.05) is 6.79 Å². The van der Waals surface area contributed by atoms with Crippen LogP contribution in [0.2, 0.25) is 0 Å². The minimum Gasteiger partial charge on any atom is -0.457 e. The average Bonchev–Trinajstić information content (AvgIpc) is 2.61. The van der Waals surface area contributed by atoms with Crippen LogP contribution in [0.5, 0.6) is 11.5 Å². The maximum atomic E-state index is 5.97. The first kappa shape index (κ1) is 21.3. The largest absolute Gasteiger partial charge is 0.457 e. The predicted octanol–water partition coefficient (Wildman–Crippen LogP) is 7.60. The summed E-state index contributed by atoms with van der Waals surface area (Å²) in [4.78, 5) is 0. The van der Waals surface area contributed by atoms with Crippen LogP contribution in [0.25, 0.3) is 0 Å². The van der Waals surface area contributed by atoms with E-state index in [1.807, 2.05) is 0 Å². The maximum absolute atomic E-state index is 5.97. The van der Waals surface area contributed by atoms with Gasteiger partial charge in [-0.1, -0.05) is 67.5 Å². The zero-order chi connectivity index (χ0) is 20.1. The van der Waals surface area contributed by atoms with Crippen LogP contribution in [-0.4, -0.2) is 6.79 Å². The fourth-order valence-corrected chi connectivity index (χ4v) is 2.96. The van der Waals surface area contributed by atoms with E-state index in [2.05, 4.69) is 91.8 Å². The fourth-order valence-electron chi connectivity index (χ4n) is 2.96. The Labute approximate surface area is 165 Å². The molecule has 0 aliphatic rings. The first-order valence-corrected chi connectivity index (χ1v) is 10.2. The van der Waals surface area contributed by atoms with Crippen molar-refractivity contribution in [3.05, 3.63) is 58.7 Å². The number of ether oxygens (including phenoxy) is 2. The summed E-state index contributed by atoms with van der Waals surface area (Å²) in [5, 5.41) is 0. The Bertz CT molecular complexity index is 626. The Kier molecular flexibility index (Phi) is 7.35. The Morgan fingerprint density at radius 2 is 0.741 bits per heavy atom. The van der Waals surface area contributed by atoms with Crippen molar-refractivity contribution in [3.8, 4) is 11.5 Å². The van der Waals surface area contributed by atoms with Gasteiger partial charge in [-0.05, 0) is 70.2 Å². The molecule has 0 atom stereocenters. The summed E-state index contributed by atoms with van der Waals surface area (Å²) in [6.07, 6.45) is 0. The van der Waals surface area contributed by atoms with Gasteiger partial charge < -0.3 is 9.47 Å². The van der Waals surface area contributed by atoms with Crippen molar-refractivity contribution >= 4 is 0 Å². The molecule has 2 heteroatoms. The Morgan fingerprint density at radius 1 is 0.481 bits per heavy atom. The molecule has 0 aliphatic heterocycles. The molecule has 0 aromatic heterocycles. The average molecular weight is 369 g/mol. The van der Waals surface area contributed by atoms with E-state index in [0.717, 1.165) is 11.5 Å². The summed E-state index contributed by atoms with van der Waals surface area (Å²) in [6.45, 7) is 17.9. The van der Waals surface area contributed by atoms with Crippen LogP contribution in [0.1, 0.15) is 101 Å². The van der Waals surface area contributed by atoms with Crippen molar-refractivity contribution in [2.24, 2.45) is 0 Å². The molecule has 2 nitrogen and oxygen atoms in total. The van der Waals surface area contributed by atoms with Crippen LogP contribution < -0.4 is 9.47 Å². The van der Waals surface area contributed by atoms with Gasteiger partial charge in [0, 0.05) is 0 Å². The molecule has 2 aromatic rings. The second-order valence-corrected chi connectivity index (χ2v) is 8.70. The fraction of sp³-hybridized carbons (Fsp3) is 0.520. The second kappa shape index (κ2) is 9.30. The molecule has 27 heavy (non-hydrogen) atoms. The highest BCUT2D eigenvalue weighted by Crippen LogP contribution is 2.29. The molecule has 0 saturated carbocycles. The van der Waals surface area contributed by atoms with Gasteiger partial charge in [-0.15, -0.1) is 0 Å². The summed E-state index contributed by atoms with van der Waals surface area (Å²) in [7, 11) is 0. The Balaban J connectivity index is 2.14. The van der Waals surface area contributed by atoms with Crippen molar-refractivity contribution in [3.63, 3.8) is 0 Å². The van der Waals surface area contributed by atoms with Crippen LogP contribution in [-0.2, 0) is 0 Å². The van der Waals surface area contributed by atoms with Gasteiger partial charge in [0.1, 0.15) is 11.5 Å². The Morgan fingerprint density at radius 3 is 0.963 bits per heavy atom. The Hall–Kier alpha value is -1.96. The van der Waals surface area contributed by atoms with Crippen molar-refractivity contribution in [1.82, 2.24) is 0 Å². The van der Waals surface area contributed by atoms with E-state index in [0.29, 0.717) is 23.7 Å². The molecule has 0 heterocycles. The molecule has 0 spiro atoms. The minimum absolute atomic E-state index is 0.220. The SMILES string of the molecule is CC(C)c1cc(OCOc2cc(C(C)C)cc(C(C)C)c2)cc(C(C)C)c1. The van der Waals surface area contributed by atoms with Crippen molar-refractivity contribution in [1.29, 1.82) is 0 Å². The first-order valence-electron chi connectivity index (χ1n) is 10.2. The number of hydrogen-bond acceptors (Lipinski definition) is 2. The van der Waals surface area contributed by atoms with Gasteiger partial charge in [0.2, 0.25) is 6.79 Å². The lowest BCUT2D eigenvalue weighted by Crippen LogP contribution is -2.08. The zero-order valence-corrected chi connectivity index (χ0v) is 18.3. The van der Waals surface area contributed by atoms with E-state index in [1.165, 1.54) is 22.3 Å². The number of hydrogen-bond donors (Lipinski definition) is 0. The van der Waals surface area contributed by atoms with E-state index in [1.54, 1.807) is 0 Å². The number of benzene rings is 2. The van der Waals surface area contributed by atoms with Gasteiger partial charge in [0.15, 0.2) is 0 Å². The molecule has 2 aromatic carbocycles. The molecule has 148 valence electrons. The van der Waals surface area contributed by atoms with Crippen LogP contribution in [0.3, 0.4) is 0 Å². The molecule has 0 saturated heterocycles. The minimum atomic E-state index is 0.220. The third kappa shape index (κ3) is 6.02. The first-order chi connectivity index (χ1) is 12.7. The highest BCUT2D eigenvalue weighted by molar-refractivity contribution is 5.38. The monoisotopic (exact) mass is 368 g/mol. The summed E-state index contributed by atoms with van der Waals surface area (Å²) >= 11 is 0. The molecule has 0 aliphatic carbocycles. The van der Waals surface area contributed by atoms with Crippen molar-refractivity contribution in [2.45, 2.75) is 79.1 Å². The standard InChI is InChI=1S/C25H36O2/c1-16(2)20-9-21(17(3)4)12-24(11-20)26-15-27-25-13-22(18(5)6)10-23(14-25)19(7)8/h9-14,16-19H,15H2,1-8H3. The molecule has 0 radical (unpaired) electrons. The van der Waals surface area contributed by atoms with Gasteiger partial charge in [-0.2, -0.15) is 0 Å².